The molecule has 0 aliphatic heterocycles. The molecular formula is C39H39BN2O2Si. The normalized spacial score (nSPS) is 11.4. The second kappa shape index (κ2) is 14.3. The first-order chi connectivity index (χ1) is 22.2. The molecular weight excluding hydrogens is 567 g/mol. The number of hydrogen-bond acceptors (Lipinski definition) is 3. The quantitative estimate of drug-likeness (QED) is 0.133. The van der Waals surface area contributed by atoms with Crippen LogP contribution in [0.2, 0.25) is 0 Å². The fourth-order valence-corrected chi connectivity index (χ4v) is 11.0. The molecule has 0 fully saturated rings. The molecule has 0 radical (unpaired) electrons. The van der Waals surface area contributed by atoms with Crippen LogP contribution in [-0.4, -0.2) is 38.1 Å². The van der Waals surface area contributed by atoms with E-state index in [9.17, 15) is 0 Å². The van der Waals surface area contributed by atoms with Crippen molar-refractivity contribution in [2.75, 3.05) is 13.2 Å². The fourth-order valence-electron chi connectivity index (χ4n) is 6.41. The van der Waals surface area contributed by atoms with E-state index in [1.54, 1.807) is 0 Å². The molecule has 0 spiro atoms. The van der Waals surface area contributed by atoms with E-state index in [-0.39, 0.29) is 5.82 Å². The van der Waals surface area contributed by atoms with Crippen LogP contribution in [0.15, 0.2) is 152 Å². The first-order valence-corrected chi connectivity index (χ1v) is 18.0. The van der Waals surface area contributed by atoms with Crippen molar-refractivity contribution in [1.82, 2.24) is 9.55 Å². The van der Waals surface area contributed by atoms with Crippen molar-refractivity contribution >= 4 is 36.6 Å². The average molecular weight is 607 g/mol. The summed E-state index contributed by atoms with van der Waals surface area (Å²) in [5.74, 6) is 1.97. The highest BCUT2D eigenvalue weighted by atomic mass is 28.3. The summed E-state index contributed by atoms with van der Waals surface area (Å²) in [6.07, 6.45) is 4.93. The van der Waals surface area contributed by atoms with Gasteiger partial charge in [0.2, 0.25) is 7.28 Å². The molecule has 0 saturated heterocycles. The van der Waals surface area contributed by atoms with Gasteiger partial charge in [-0.25, -0.2) is 0 Å². The van der Waals surface area contributed by atoms with Crippen LogP contribution < -0.4 is 30.8 Å². The zero-order valence-corrected chi connectivity index (χ0v) is 27.1. The lowest BCUT2D eigenvalue weighted by molar-refractivity contribution is 0.340. The largest absolute Gasteiger partial charge is 0.494 e. The number of hydrogen-bond donors (Lipinski definition) is 0. The Morgan fingerprint density at radius 3 is 1.51 bits per heavy atom. The van der Waals surface area contributed by atoms with E-state index >= 15 is 0 Å². The monoisotopic (exact) mass is 606 g/mol. The minimum absolute atomic E-state index is 0.192. The number of aromatic nitrogens is 2. The summed E-state index contributed by atoms with van der Waals surface area (Å²) in [5, 5.41) is 3.99. The maximum atomic E-state index is 5.86. The number of imidazole rings is 1. The molecule has 6 heteroatoms. The summed E-state index contributed by atoms with van der Waals surface area (Å²) in [7, 11) is -1.85. The molecule has 0 atom stereocenters. The molecule has 224 valence electrons. The lowest BCUT2D eigenvalue weighted by Crippen LogP contribution is -2.70. The Labute approximate surface area is 268 Å². The number of nitrogens with zero attached hydrogens (tertiary/aromatic N) is 2. The van der Waals surface area contributed by atoms with Gasteiger partial charge in [0.05, 0.1) is 18.9 Å². The van der Waals surface area contributed by atoms with Gasteiger partial charge in [-0.05, 0) is 70.6 Å². The van der Waals surface area contributed by atoms with Crippen molar-refractivity contribution in [2.45, 2.75) is 25.8 Å². The minimum atomic E-state index is -2.65. The Bertz CT molecular complexity index is 1670. The molecule has 0 unspecified atom stereocenters. The molecule has 6 aromatic rings. The second-order valence-corrected chi connectivity index (χ2v) is 15.1. The Morgan fingerprint density at radius 1 is 0.600 bits per heavy atom. The summed E-state index contributed by atoms with van der Waals surface area (Å²) in [6, 6.07) is 50.2. The topological polar surface area (TPSA) is 36.3 Å². The van der Waals surface area contributed by atoms with Crippen LogP contribution >= 0.6 is 0 Å². The Morgan fingerprint density at radius 2 is 1.04 bits per heavy atom. The molecule has 0 aliphatic carbocycles. The lowest BCUT2D eigenvalue weighted by atomic mass is 9.58. The van der Waals surface area contributed by atoms with Gasteiger partial charge in [-0.3, -0.25) is 4.98 Å². The smallest absolute Gasteiger partial charge is 0.217 e. The third-order valence-corrected chi connectivity index (χ3v) is 13.4. The molecule has 0 aliphatic rings. The van der Waals surface area contributed by atoms with Gasteiger partial charge in [-0.1, -0.05) is 115 Å². The van der Waals surface area contributed by atoms with E-state index in [4.69, 9.17) is 14.5 Å². The van der Waals surface area contributed by atoms with Crippen LogP contribution in [-0.2, 0) is 6.17 Å². The van der Waals surface area contributed by atoms with Gasteiger partial charge >= 0.3 is 0 Å². The van der Waals surface area contributed by atoms with E-state index < -0.39 is 8.07 Å². The third kappa shape index (κ3) is 6.66. The van der Waals surface area contributed by atoms with Gasteiger partial charge in [0.15, 0.2) is 8.07 Å². The second-order valence-electron chi connectivity index (χ2n) is 11.2. The summed E-state index contributed by atoms with van der Waals surface area (Å²) in [5.41, 5.74) is 3.67. The summed E-state index contributed by atoms with van der Waals surface area (Å²) in [6.45, 7) is 5.33. The Balaban J connectivity index is 1.48. The molecule has 5 aromatic carbocycles. The van der Waals surface area contributed by atoms with Crippen LogP contribution in [0.25, 0.3) is 0 Å². The van der Waals surface area contributed by atoms with Gasteiger partial charge in [0, 0.05) is 18.6 Å². The van der Waals surface area contributed by atoms with Crippen molar-refractivity contribution in [1.29, 1.82) is 0 Å². The van der Waals surface area contributed by atoms with Crippen LogP contribution in [0, 0.1) is 0 Å². The highest BCUT2D eigenvalue weighted by Gasteiger charge is 2.40. The van der Waals surface area contributed by atoms with E-state index in [0.717, 1.165) is 30.7 Å². The van der Waals surface area contributed by atoms with Crippen LogP contribution in [0.5, 0.6) is 11.5 Å². The fraction of sp³-hybridized carbons (Fsp3) is 0.154. The van der Waals surface area contributed by atoms with Gasteiger partial charge in [-0.2, -0.15) is 0 Å². The van der Waals surface area contributed by atoms with Crippen molar-refractivity contribution in [2.24, 2.45) is 0 Å². The molecule has 0 bridgehead atoms. The average Bonchev–Trinajstić information content (AvgIpc) is 3.54. The van der Waals surface area contributed by atoms with Gasteiger partial charge in [0.1, 0.15) is 11.5 Å². The van der Waals surface area contributed by atoms with Gasteiger partial charge in [-0.15, -0.1) is 0 Å². The third-order valence-electron chi connectivity index (χ3n) is 8.58. The zero-order valence-electron chi connectivity index (χ0n) is 26.1. The van der Waals surface area contributed by atoms with Crippen molar-refractivity contribution in [3.05, 3.63) is 163 Å². The van der Waals surface area contributed by atoms with Gasteiger partial charge < -0.3 is 14.0 Å². The molecule has 1 heterocycles. The highest BCUT2D eigenvalue weighted by molar-refractivity contribution is 7.10. The molecule has 0 saturated carbocycles. The molecule has 45 heavy (non-hydrogen) atoms. The SMILES string of the molecule is CCOc1ccc([Si](Cn2ccnc2BC(c2ccccc2)c2ccccc2)(c2ccccc2)c2ccc(OCC)cc2)cc1. The van der Waals surface area contributed by atoms with Crippen LogP contribution in [0.4, 0.5) is 0 Å². The summed E-state index contributed by atoms with van der Waals surface area (Å²) < 4.78 is 14.1. The predicted octanol–water partition coefficient (Wildman–Crippen LogP) is 5.24. The van der Waals surface area contributed by atoms with E-state index in [2.05, 4.69) is 150 Å². The van der Waals surface area contributed by atoms with Crippen LogP contribution in [0.3, 0.4) is 0 Å². The first kappa shape index (κ1) is 30.2. The standard InChI is InChI=1S/C39H39BN2O2Si/c1-3-43-33-20-24-36(25-21-33)45(35-18-12-7-13-19-35,37-26-22-34(23-27-37)44-4-2)30-42-29-28-41-39(42)40-38(31-14-8-5-9-15-31)32-16-10-6-11-17-32/h5-29,38,40H,3-4,30H2,1-2H3. The summed E-state index contributed by atoms with van der Waals surface area (Å²) in [4.78, 5) is 4.99. The molecule has 0 amide bonds. The predicted molar refractivity (Wildman–Crippen MR) is 190 cm³/mol. The number of ether oxygens (including phenoxy) is 2. The Kier molecular flexibility index (Phi) is 9.62. The molecule has 6 rings (SSSR count). The molecule has 4 nitrogen and oxygen atoms in total. The van der Waals surface area contributed by atoms with Crippen LogP contribution in [0.1, 0.15) is 30.8 Å². The number of rotatable bonds is 13. The highest BCUT2D eigenvalue weighted by Crippen LogP contribution is 2.23. The maximum Gasteiger partial charge on any atom is 0.217 e. The summed E-state index contributed by atoms with van der Waals surface area (Å²) >= 11 is 0. The van der Waals surface area contributed by atoms with Crippen molar-refractivity contribution in [3.8, 4) is 11.5 Å². The molecule has 0 N–H and O–H groups in total. The minimum Gasteiger partial charge on any atom is -0.494 e. The van der Waals surface area contributed by atoms with Crippen molar-refractivity contribution < 1.29 is 9.47 Å². The van der Waals surface area contributed by atoms with E-state index in [1.807, 2.05) is 20.0 Å². The Hall–Kier alpha value is -4.81. The van der Waals surface area contributed by atoms with Gasteiger partial charge in [0.25, 0.3) is 0 Å². The van der Waals surface area contributed by atoms with E-state index in [0.29, 0.717) is 13.2 Å². The van der Waals surface area contributed by atoms with Crippen molar-refractivity contribution in [3.63, 3.8) is 0 Å². The molecule has 1 aromatic heterocycles. The number of benzene rings is 5. The first-order valence-electron chi connectivity index (χ1n) is 15.8. The lowest BCUT2D eigenvalue weighted by Gasteiger charge is -2.35. The zero-order chi connectivity index (χ0) is 30.9. The maximum absolute atomic E-state index is 5.86. The van der Waals surface area contributed by atoms with E-state index in [1.165, 1.54) is 26.7 Å².